The van der Waals surface area contributed by atoms with Crippen LogP contribution in [-0.4, -0.2) is 12.7 Å². The molecule has 0 heterocycles. The number of halogens is 1. The van der Waals surface area contributed by atoms with Crippen molar-refractivity contribution in [2.75, 3.05) is 6.61 Å². The number of nitriles is 1. The molecule has 0 aliphatic heterocycles. The van der Waals surface area contributed by atoms with Crippen LogP contribution in [0.1, 0.15) is 101 Å². The molecular formula is C30H42FNO. The van der Waals surface area contributed by atoms with E-state index >= 15 is 0 Å². The highest BCUT2D eigenvalue weighted by Gasteiger charge is 2.25. The third kappa shape index (κ3) is 9.09. The van der Waals surface area contributed by atoms with Gasteiger partial charge in [0, 0.05) is 6.61 Å². The van der Waals surface area contributed by atoms with Crippen molar-refractivity contribution in [3.63, 3.8) is 0 Å². The van der Waals surface area contributed by atoms with Crippen LogP contribution in [0.5, 0.6) is 0 Å². The van der Waals surface area contributed by atoms with Gasteiger partial charge in [0.2, 0.25) is 0 Å². The van der Waals surface area contributed by atoms with E-state index in [4.69, 9.17) is 10.00 Å². The number of allylic oxidation sites excluding steroid dienone is 4. The lowest BCUT2D eigenvalue weighted by atomic mass is 9.78. The Morgan fingerprint density at radius 3 is 2.39 bits per heavy atom. The summed E-state index contributed by atoms with van der Waals surface area (Å²) in [6.07, 6.45) is 21.2. The van der Waals surface area contributed by atoms with E-state index in [1.807, 2.05) is 6.08 Å². The molecule has 0 amide bonds. The van der Waals surface area contributed by atoms with Crippen molar-refractivity contribution in [2.45, 2.75) is 102 Å². The molecule has 2 aliphatic rings. The van der Waals surface area contributed by atoms with Crippen LogP contribution in [0.25, 0.3) is 0 Å². The number of benzene rings is 1. The monoisotopic (exact) mass is 451 g/mol. The van der Waals surface area contributed by atoms with Crippen LogP contribution < -0.4 is 0 Å². The summed E-state index contributed by atoms with van der Waals surface area (Å²) >= 11 is 0. The fourth-order valence-electron chi connectivity index (χ4n) is 5.48. The minimum Gasteiger partial charge on any atom is -0.378 e. The maximum Gasteiger partial charge on any atom is 0.199 e. The van der Waals surface area contributed by atoms with Crippen molar-refractivity contribution in [1.29, 1.82) is 5.26 Å². The van der Waals surface area contributed by atoms with Crippen LogP contribution in [-0.2, 0) is 11.2 Å². The first kappa shape index (κ1) is 25.7. The lowest BCUT2D eigenvalue weighted by Crippen LogP contribution is -2.25. The van der Waals surface area contributed by atoms with E-state index in [1.165, 1.54) is 93.9 Å². The van der Waals surface area contributed by atoms with Gasteiger partial charge in [0.15, 0.2) is 5.83 Å². The second kappa shape index (κ2) is 14.4. The van der Waals surface area contributed by atoms with Crippen LogP contribution in [0.3, 0.4) is 0 Å². The highest BCUT2D eigenvalue weighted by molar-refractivity contribution is 5.26. The van der Waals surface area contributed by atoms with Crippen LogP contribution in [0.2, 0.25) is 0 Å². The Labute approximate surface area is 200 Å². The second-order valence-electron chi connectivity index (χ2n) is 10.2. The third-order valence-electron chi connectivity index (χ3n) is 7.71. The van der Waals surface area contributed by atoms with E-state index in [2.05, 4.69) is 31.2 Å². The molecule has 1 aromatic carbocycles. The Kier molecular flexibility index (Phi) is 11.2. The zero-order valence-corrected chi connectivity index (χ0v) is 20.5. The Morgan fingerprint density at radius 2 is 1.73 bits per heavy atom. The van der Waals surface area contributed by atoms with E-state index in [-0.39, 0.29) is 0 Å². The molecule has 2 saturated carbocycles. The molecule has 0 saturated heterocycles. The zero-order chi connectivity index (χ0) is 23.3. The van der Waals surface area contributed by atoms with Crippen molar-refractivity contribution in [1.82, 2.24) is 0 Å². The molecule has 3 heteroatoms. The van der Waals surface area contributed by atoms with Crippen molar-refractivity contribution in [3.8, 4) is 6.07 Å². The van der Waals surface area contributed by atoms with Gasteiger partial charge >= 0.3 is 0 Å². The summed E-state index contributed by atoms with van der Waals surface area (Å²) < 4.78 is 19.1. The molecule has 180 valence electrons. The SMILES string of the molecule is CCCCc1ccc([C@H]2CC[C@H](CO[C@H]3CC[C@H](CCC=CC=C(F)C#N)CC3)CC2)cc1. The van der Waals surface area contributed by atoms with Crippen molar-refractivity contribution < 1.29 is 9.13 Å². The van der Waals surface area contributed by atoms with E-state index in [1.54, 1.807) is 6.08 Å². The summed E-state index contributed by atoms with van der Waals surface area (Å²) in [5.41, 5.74) is 3.02. The van der Waals surface area contributed by atoms with Crippen molar-refractivity contribution >= 4 is 0 Å². The molecule has 0 radical (unpaired) electrons. The first-order valence-corrected chi connectivity index (χ1v) is 13.3. The van der Waals surface area contributed by atoms with Gasteiger partial charge in [0.25, 0.3) is 0 Å². The number of aryl methyl sites for hydroxylation is 1. The van der Waals surface area contributed by atoms with Gasteiger partial charge in [0.1, 0.15) is 6.07 Å². The van der Waals surface area contributed by atoms with Gasteiger partial charge in [-0.25, -0.2) is 0 Å². The van der Waals surface area contributed by atoms with E-state index in [0.717, 1.165) is 37.2 Å². The first-order valence-electron chi connectivity index (χ1n) is 13.3. The van der Waals surface area contributed by atoms with Crippen LogP contribution in [0, 0.1) is 23.2 Å². The van der Waals surface area contributed by atoms with Gasteiger partial charge in [-0.05, 0) is 112 Å². The molecule has 2 aliphatic carbocycles. The predicted molar refractivity (Wildman–Crippen MR) is 135 cm³/mol. The number of rotatable bonds is 11. The summed E-state index contributed by atoms with van der Waals surface area (Å²) in [7, 11) is 0. The maximum atomic E-state index is 12.7. The lowest BCUT2D eigenvalue weighted by Gasteiger charge is -2.32. The molecule has 3 rings (SSSR count). The normalized spacial score (nSPS) is 26.4. The average Bonchev–Trinajstić information content (AvgIpc) is 2.87. The molecule has 0 atom stereocenters. The maximum absolute atomic E-state index is 12.7. The molecule has 2 nitrogen and oxygen atoms in total. The molecule has 0 aromatic heterocycles. The van der Waals surface area contributed by atoms with E-state index < -0.39 is 5.83 Å². The van der Waals surface area contributed by atoms with Gasteiger partial charge in [-0.2, -0.15) is 9.65 Å². The summed E-state index contributed by atoms with van der Waals surface area (Å²) in [5.74, 6) is 1.49. The Bertz CT molecular complexity index is 775. The second-order valence-corrected chi connectivity index (χ2v) is 10.2. The number of nitrogens with zero attached hydrogens (tertiary/aromatic N) is 1. The molecule has 0 unspecified atom stereocenters. The van der Waals surface area contributed by atoms with Crippen LogP contribution >= 0.6 is 0 Å². The fraction of sp³-hybridized carbons (Fsp3) is 0.633. The van der Waals surface area contributed by atoms with Crippen molar-refractivity contribution in [2.24, 2.45) is 11.8 Å². The summed E-state index contributed by atoms with van der Waals surface area (Å²) in [4.78, 5) is 0. The van der Waals surface area contributed by atoms with Crippen LogP contribution in [0.4, 0.5) is 4.39 Å². The third-order valence-corrected chi connectivity index (χ3v) is 7.71. The largest absolute Gasteiger partial charge is 0.378 e. The molecule has 1 aromatic rings. The number of ether oxygens (including phenoxy) is 1. The minimum absolute atomic E-state index is 0.442. The molecule has 0 spiro atoms. The molecule has 2 fully saturated rings. The summed E-state index contributed by atoms with van der Waals surface area (Å²) in [5, 5.41) is 8.40. The lowest BCUT2D eigenvalue weighted by molar-refractivity contribution is -0.00824. The molecule has 0 N–H and O–H groups in total. The Hall–Kier alpha value is -1.92. The van der Waals surface area contributed by atoms with Gasteiger partial charge in [0.05, 0.1) is 6.10 Å². The number of hydrogen-bond acceptors (Lipinski definition) is 2. The standard InChI is InChI=1S/C30H42FNO/c1-2-3-7-24-10-16-27(17-11-24)28-18-12-26(13-19-28)23-33-30-20-14-25(15-21-30)8-5-4-6-9-29(31)22-32/h4,6,9-11,16-17,25-26,28,30H,2-3,5,7-8,12-15,18-21,23H2,1H3/t25-,26-,28-,30-. The highest BCUT2D eigenvalue weighted by Crippen LogP contribution is 2.37. The minimum atomic E-state index is -0.728. The highest BCUT2D eigenvalue weighted by atomic mass is 19.1. The van der Waals surface area contributed by atoms with E-state index in [0.29, 0.717) is 6.10 Å². The van der Waals surface area contributed by atoms with Crippen LogP contribution in [0.15, 0.2) is 48.3 Å². The fourth-order valence-corrected chi connectivity index (χ4v) is 5.48. The topological polar surface area (TPSA) is 33.0 Å². The molecular weight excluding hydrogens is 409 g/mol. The first-order chi connectivity index (χ1) is 16.2. The molecule has 33 heavy (non-hydrogen) atoms. The van der Waals surface area contributed by atoms with Gasteiger partial charge < -0.3 is 4.74 Å². The smallest absolute Gasteiger partial charge is 0.199 e. The average molecular weight is 452 g/mol. The van der Waals surface area contributed by atoms with Gasteiger partial charge in [-0.3, -0.25) is 0 Å². The van der Waals surface area contributed by atoms with Crippen molar-refractivity contribution in [3.05, 3.63) is 59.4 Å². The van der Waals surface area contributed by atoms with Gasteiger partial charge in [-0.1, -0.05) is 49.8 Å². The van der Waals surface area contributed by atoms with Gasteiger partial charge in [-0.15, -0.1) is 0 Å². The van der Waals surface area contributed by atoms with E-state index in [9.17, 15) is 4.39 Å². The predicted octanol–water partition coefficient (Wildman–Crippen LogP) is 8.59. The number of unbranched alkanes of at least 4 members (excludes halogenated alkanes) is 1. The summed E-state index contributed by atoms with van der Waals surface area (Å²) in [6, 6.07) is 10.9. The zero-order valence-electron chi connectivity index (χ0n) is 20.5. The summed E-state index contributed by atoms with van der Waals surface area (Å²) in [6.45, 7) is 3.20. The number of hydrogen-bond donors (Lipinski definition) is 0. The molecule has 0 bridgehead atoms. The Morgan fingerprint density at radius 1 is 1.03 bits per heavy atom. The quantitative estimate of drug-likeness (QED) is 0.249. The Balaban J connectivity index is 1.27.